The number of hydrogen-bond donors (Lipinski definition) is 0. The van der Waals surface area contributed by atoms with Crippen molar-refractivity contribution in [1.29, 1.82) is 0 Å². The summed E-state index contributed by atoms with van der Waals surface area (Å²) in [5, 5.41) is 0. The average Bonchev–Trinajstić information content (AvgIpc) is 3.10. The van der Waals surface area contributed by atoms with E-state index in [1.165, 1.54) is 44.9 Å². The van der Waals surface area contributed by atoms with E-state index in [9.17, 15) is 0 Å². The number of aromatic nitrogens is 1. The maximum atomic E-state index is 2.76. The Balaban J connectivity index is 1.66. The number of nitrogens with zero attached hydrogens (tertiary/aromatic N) is 1. The van der Waals surface area contributed by atoms with Gasteiger partial charge in [0.05, 0.1) is 0 Å². The predicted molar refractivity (Wildman–Crippen MR) is 120 cm³/mol. The number of rotatable bonds is 3. The topological polar surface area (TPSA) is 4.93 Å². The van der Waals surface area contributed by atoms with Crippen LogP contribution in [0.25, 0.3) is 11.6 Å². The maximum absolute atomic E-state index is 2.76. The maximum Gasteiger partial charge on any atom is 0.0482 e. The van der Waals surface area contributed by atoms with Gasteiger partial charge in [0, 0.05) is 23.3 Å². The van der Waals surface area contributed by atoms with Gasteiger partial charge in [-0.15, -0.1) is 0 Å². The molecule has 4 aliphatic carbocycles. The van der Waals surface area contributed by atoms with Gasteiger partial charge in [-0.05, 0) is 87.3 Å². The Hall–Kier alpha value is -2.02. The molecule has 3 atom stereocenters. The molecule has 1 heterocycles. The first-order valence-corrected chi connectivity index (χ1v) is 11.4. The molecule has 1 aromatic rings. The fourth-order valence-corrected chi connectivity index (χ4v) is 5.97. The second-order valence-electron chi connectivity index (χ2n) is 9.23. The molecule has 1 nitrogen and oxygen atoms in total. The van der Waals surface area contributed by atoms with Crippen molar-refractivity contribution in [3.63, 3.8) is 0 Å². The van der Waals surface area contributed by atoms with E-state index in [4.69, 9.17) is 0 Å². The third kappa shape index (κ3) is 2.91. The molecule has 28 heavy (non-hydrogen) atoms. The van der Waals surface area contributed by atoms with Gasteiger partial charge >= 0.3 is 0 Å². The standard InChI is InChI=1S/C27H33N/c1-19(2)28-26-22(20-11-5-3-6-12-20)15-9-17-24(26)25-18-10-16-23(27(25)28)21-13-7-4-8-14-21/h3-7,9,11,16-17,19-22H,8,10,12-15,18H2,1-2H3. The van der Waals surface area contributed by atoms with Crippen LogP contribution in [0.5, 0.6) is 0 Å². The fraction of sp³-hybridized carbons (Fsp3) is 0.481. The largest absolute Gasteiger partial charge is 0.341 e. The SMILES string of the molecule is CC(C)n1c2c(c3c1C(C1C=CC=CC1)CC=C3)CCC=C2C1CC=CCC1. The normalized spacial score (nSPS) is 28.4. The molecule has 5 rings (SSSR count). The molecule has 1 heteroatoms. The van der Waals surface area contributed by atoms with Crippen LogP contribution in [0, 0.1) is 11.8 Å². The van der Waals surface area contributed by atoms with Crippen LogP contribution in [0.1, 0.15) is 86.8 Å². The Labute approximate surface area is 170 Å². The van der Waals surface area contributed by atoms with Crippen molar-refractivity contribution >= 4 is 11.6 Å². The minimum Gasteiger partial charge on any atom is -0.341 e. The van der Waals surface area contributed by atoms with Crippen LogP contribution in [-0.2, 0) is 6.42 Å². The van der Waals surface area contributed by atoms with Crippen molar-refractivity contribution in [2.24, 2.45) is 11.8 Å². The Morgan fingerprint density at radius 2 is 1.89 bits per heavy atom. The van der Waals surface area contributed by atoms with Crippen molar-refractivity contribution in [3.05, 3.63) is 71.1 Å². The highest BCUT2D eigenvalue weighted by atomic mass is 15.0. The van der Waals surface area contributed by atoms with E-state index >= 15 is 0 Å². The molecular weight excluding hydrogens is 338 g/mol. The third-order valence-electron chi connectivity index (χ3n) is 7.20. The fourth-order valence-electron chi connectivity index (χ4n) is 5.97. The van der Waals surface area contributed by atoms with E-state index in [-0.39, 0.29) is 0 Å². The van der Waals surface area contributed by atoms with Gasteiger partial charge < -0.3 is 4.57 Å². The number of fused-ring (bicyclic) bond motifs is 3. The Morgan fingerprint density at radius 3 is 2.64 bits per heavy atom. The van der Waals surface area contributed by atoms with Crippen molar-refractivity contribution in [2.75, 3.05) is 0 Å². The van der Waals surface area contributed by atoms with Crippen LogP contribution in [0.15, 0.2) is 48.6 Å². The third-order valence-corrected chi connectivity index (χ3v) is 7.20. The minimum absolute atomic E-state index is 0.509. The molecule has 0 amide bonds. The molecule has 146 valence electrons. The zero-order chi connectivity index (χ0) is 19.1. The van der Waals surface area contributed by atoms with Crippen LogP contribution < -0.4 is 0 Å². The van der Waals surface area contributed by atoms with E-state index in [0.717, 1.165) is 0 Å². The zero-order valence-corrected chi connectivity index (χ0v) is 17.4. The summed E-state index contributed by atoms with van der Waals surface area (Å²) in [7, 11) is 0. The molecule has 0 N–H and O–H groups in total. The summed E-state index contributed by atoms with van der Waals surface area (Å²) in [5.74, 6) is 1.95. The first-order valence-electron chi connectivity index (χ1n) is 11.4. The van der Waals surface area contributed by atoms with E-state index in [1.807, 2.05) is 0 Å². The van der Waals surface area contributed by atoms with Gasteiger partial charge in [-0.25, -0.2) is 0 Å². The molecule has 0 aromatic carbocycles. The molecule has 3 unspecified atom stereocenters. The van der Waals surface area contributed by atoms with Gasteiger partial charge in [0.25, 0.3) is 0 Å². The second-order valence-corrected chi connectivity index (χ2v) is 9.23. The first-order chi connectivity index (χ1) is 13.8. The zero-order valence-electron chi connectivity index (χ0n) is 17.4. The van der Waals surface area contributed by atoms with E-state index in [0.29, 0.717) is 23.8 Å². The van der Waals surface area contributed by atoms with E-state index in [1.54, 1.807) is 28.1 Å². The van der Waals surface area contributed by atoms with Crippen molar-refractivity contribution < 1.29 is 0 Å². The molecule has 0 spiro atoms. The van der Waals surface area contributed by atoms with Crippen molar-refractivity contribution in [2.45, 2.75) is 70.8 Å². The van der Waals surface area contributed by atoms with Crippen LogP contribution in [-0.4, -0.2) is 4.57 Å². The summed E-state index contributed by atoms with van der Waals surface area (Å²) in [4.78, 5) is 0. The summed E-state index contributed by atoms with van der Waals surface area (Å²) in [6.07, 6.45) is 30.1. The van der Waals surface area contributed by atoms with Crippen molar-refractivity contribution in [1.82, 2.24) is 4.57 Å². The summed E-state index contributed by atoms with van der Waals surface area (Å²) >= 11 is 0. The lowest BCUT2D eigenvalue weighted by Gasteiger charge is -2.32. The van der Waals surface area contributed by atoms with E-state index in [2.05, 4.69) is 73.1 Å². The second kappa shape index (κ2) is 7.43. The highest BCUT2D eigenvalue weighted by Crippen LogP contribution is 2.48. The molecular formula is C27H33N. The molecule has 0 bridgehead atoms. The van der Waals surface area contributed by atoms with Crippen LogP contribution in [0.4, 0.5) is 0 Å². The van der Waals surface area contributed by atoms with Crippen molar-refractivity contribution in [3.8, 4) is 0 Å². The Bertz CT molecular complexity index is 899. The molecule has 0 saturated carbocycles. The molecule has 0 saturated heterocycles. The van der Waals surface area contributed by atoms with Gasteiger partial charge in [0.15, 0.2) is 0 Å². The molecule has 1 aromatic heterocycles. The monoisotopic (exact) mass is 371 g/mol. The van der Waals surface area contributed by atoms with Gasteiger partial charge in [-0.2, -0.15) is 0 Å². The lowest BCUT2D eigenvalue weighted by atomic mass is 9.77. The van der Waals surface area contributed by atoms with Gasteiger partial charge in [-0.1, -0.05) is 54.7 Å². The molecule has 4 aliphatic rings. The first kappa shape index (κ1) is 18.0. The van der Waals surface area contributed by atoms with Crippen LogP contribution >= 0.6 is 0 Å². The van der Waals surface area contributed by atoms with Crippen LogP contribution in [0.3, 0.4) is 0 Å². The van der Waals surface area contributed by atoms with Gasteiger partial charge in [0.2, 0.25) is 0 Å². The van der Waals surface area contributed by atoms with Gasteiger partial charge in [0.1, 0.15) is 0 Å². The average molecular weight is 372 g/mol. The number of hydrogen-bond acceptors (Lipinski definition) is 0. The number of allylic oxidation sites excluding steroid dienone is 9. The minimum atomic E-state index is 0.509. The predicted octanol–water partition coefficient (Wildman–Crippen LogP) is 7.39. The molecule has 0 radical (unpaired) electrons. The molecule has 0 fully saturated rings. The summed E-state index contributed by atoms with van der Waals surface area (Å²) < 4.78 is 2.76. The smallest absolute Gasteiger partial charge is 0.0482 e. The summed E-state index contributed by atoms with van der Waals surface area (Å²) in [6.45, 7) is 4.78. The highest BCUT2D eigenvalue weighted by Gasteiger charge is 2.35. The Morgan fingerprint density at radius 1 is 0.964 bits per heavy atom. The van der Waals surface area contributed by atoms with Gasteiger partial charge in [-0.3, -0.25) is 0 Å². The summed E-state index contributed by atoms with van der Waals surface area (Å²) in [5.41, 5.74) is 8.09. The van der Waals surface area contributed by atoms with Crippen LogP contribution in [0.2, 0.25) is 0 Å². The summed E-state index contributed by atoms with van der Waals surface area (Å²) in [6, 6.07) is 0.509. The Kier molecular flexibility index (Phi) is 4.78. The lowest BCUT2D eigenvalue weighted by Crippen LogP contribution is -2.21. The lowest BCUT2D eigenvalue weighted by molar-refractivity contribution is 0.453. The quantitative estimate of drug-likeness (QED) is 0.488. The molecule has 0 aliphatic heterocycles. The highest BCUT2D eigenvalue weighted by molar-refractivity contribution is 5.77. The van der Waals surface area contributed by atoms with E-state index < -0.39 is 0 Å².